The Bertz CT molecular complexity index is 2770. The van der Waals surface area contributed by atoms with Gasteiger partial charge < -0.3 is 67.6 Å². The van der Waals surface area contributed by atoms with Crippen LogP contribution in [0.5, 0.6) is 5.75 Å². The molecule has 3 unspecified atom stereocenters. The highest BCUT2D eigenvalue weighted by atomic mass is 33.1. The molecule has 472 valence electrons. The maximum Gasteiger partial charge on any atom is 0.243 e. The van der Waals surface area contributed by atoms with Gasteiger partial charge in [-0.25, -0.2) is 0 Å². The number of Topliss-reactive ketones (excluding diaryl/α,β-unsaturated/α-hetero) is 3. The molecular weight excluding hydrogens is 1160 g/mol. The number of carbonyl (C=O) groups excluding carboxylic acids is 11. The number of nitrogens with two attached hydrogens (primary N) is 1. The molecule has 12 N–H and O–H groups in total. The van der Waals surface area contributed by atoms with Crippen LogP contribution in [0.4, 0.5) is 0 Å². The number of H-pyrrole nitrogens is 1. The minimum atomic E-state index is -2.33. The zero-order valence-electron chi connectivity index (χ0n) is 49.3. The number of carbonyl (C=O) groups is 11. The van der Waals surface area contributed by atoms with E-state index in [0.717, 1.165) is 24.2 Å². The quantitative estimate of drug-likeness (QED) is 0.0561. The molecule has 25 nitrogen and oxygen atoms in total. The number of benzene rings is 1. The number of ether oxygens (including phenoxy) is 1. The van der Waals surface area contributed by atoms with E-state index in [4.69, 9.17) is 10.5 Å². The lowest BCUT2D eigenvalue weighted by atomic mass is 9.85. The maximum atomic E-state index is 15.1. The van der Waals surface area contributed by atoms with Crippen LogP contribution in [0.25, 0.3) is 10.9 Å². The lowest BCUT2D eigenvalue weighted by molar-refractivity contribution is -0.145. The fourth-order valence-electron chi connectivity index (χ4n) is 10.2. The summed E-state index contributed by atoms with van der Waals surface area (Å²) in [6.45, 7) is 8.52. The van der Waals surface area contributed by atoms with Gasteiger partial charge >= 0.3 is 0 Å². The molecule has 1 fully saturated rings. The number of aliphatic hydroxyl groups excluding tert-OH is 3. The Morgan fingerprint density at radius 3 is 2.20 bits per heavy atom. The molecule has 0 saturated carbocycles. The average Bonchev–Trinajstić information content (AvgIpc) is 3.44. The summed E-state index contributed by atoms with van der Waals surface area (Å²) in [4.78, 5) is 155. The number of unbranched alkanes of at least 4 members (excludes halogenated alkanes) is 3. The van der Waals surface area contributed by atoms with Gasteiger partial charge in [0.2, 0.25) is 47.3 Å². The number of aliphatic hydroxyl groups is 3. The molecule has 5 rings (SSSR count). The molecule has 1 saturated heterocycles. The molecule has 2 aromatic rings. The van der Waals surface area contributed by atoms with Crippen molar-refractivity contribution in [3.63, 3.8) is 0 Å². The Morgan fingerprint density at radius 2 is 1.53 bits per heavy atom. The van der Waals surface area contributed by atoms with Crippen molar-refractivity contribution < 1.29 is 77.0 Å². The summed E-state index contributed by atoms with van der Waals surface area (Å²) in [6.07, 6.45) is -1.76. The molecule has 0 spiro atoms. The van der Waals surface area contributed by atoms with E-state index in [9.17, 15) is 68.1 Å². The summed E-state index contributed by atoms with van der Waals surface area (Å²) in [5, 5.41) is 47.8. The smallest absolute Gasteiger partial charge is 0.243 e. The van der Waals surface area contributed by atoms with Gasteiger partial charge in [-0.3, -0.25) is 56.9 Å². The fourth-order valence-corrected chi connectivity index (χ4v) is 13.6. The van der Waals surface area contributed by atoms with Crippen molar-refractivity contribution in [2.75, 3.05) is 56.7 Å². The lowest BCUT2D eigenvalue weighted by Gasteiger charge is -2.32. The molecule has 8 amide bonds. The van der Waals surface area contributed by atoms with Crippen molar-refractivity contribution in [1.82, 2.24) is 41.8 Å². The Hall–Kier alpha value is -5.94. The molecule has 28 heteroatoms. The second-order valence-electron chi connectivity index (χ2n) is 23.2. The van der Waals surface area contributed by atoms with E-state index in [2.05, 4.69) is 36.9 Å². The van der Waals surface area contributed by atoms with Gasteiger partial charge in [-0.1, -0.05) is 82.4 Å². The van der Waals surface area contributed by atoms with E-state index >= 15 is 4.21 Å². The van der Waals surface area contributed by atoms with Crippen LogP contribution in [0.15, 0.2) is 23.2 Å². The summed E-state index contributed by atoms with van der Waals surface area (Å²) < 4.78 is 21.2. The summed E-state index contributed by atoms with van der Waals surface area (Å²) in [6, 6.07) is -1.21. The van der Waals surface area contributed by atoms with Crippen molar-refractivity contribution in [2.45, 2.75) is 160 Å². The summed E-state index contributed by atoms with van der Waals surface area (Å²) in [5.41, 5.74) is 5.79. The fraction of sp³-hybridized carbons (Fsp3) is 0.667. The van der Waals surface area contributed by atoms with Gasteiger partial charge in [0.25, 0.3) is 0 Å². The van der Waals surface area contributed by atoms with Crippen LogP contribution in [-0.4, -0.2) is 187 Å². The molecular formula is C57H85N9O16S3. The highest BCUT2D eigenvalue weighted by molar-refractivity contribution is 8.76. The molecule has 85 heavy (non-hydrogen) atoms. The predicted molar refractivity (Wildman–Crippen MR) is 319 cm³/mol. The number of nitrogens with one attached hydrogen (secondary N) is 7. The van der Waals surface area contributed by atoms with Crippen molar-refractivity contribution in [3.8, 4) is 5.75 Å². The monoisotopic (exact) mass is 1250 g/mol. The highest BCUT2D eigenvalue weighted by Crippen LogP contribution is 2.33. The van der Waals surface area contributed by atoms with E-state index in [1.54, 1.807) is 53.6 Å². The summed E-state index contributed by atoms with van der Waals surface area (Å²) in [7, 11) is 0.823. The number of amides is 8. The zero-order chi connectivity index (χ0) is 62.7. The normalized spacial score (nSPS) is 24.6. The van der Waals surface area contributed by atoms with Gasteiger partial charge in [-0.05, 0) is 42.9 Å². The molecule has 3 aliphatic heterocycles. The largest absolute Gasteiger partial charge is 0.494 e. The van der Waals surface area contributed by atoms with E-state index in [-0.39, 0.29) is 34.1 Å². The van der Waals surface area contributed by atoms with Crippen LogP contribution in [0.1, 0.15) is 118 Å². The van der Waals surface area contributed by atoms with Crippen LogP contribution >= 0.6 is 21.6 Å². The molecule has 11 atom stereocenters. The van der Waals surface area contributed by atoms with Crippen LogP contribution in [-0.2, 0) is 70.0 Å². The first-order chi connectivity index (χ1) is 40.2. The van der Waals surface area contributed by atoms with Gasteiger partial charge in [-0.15, -0.1) is 0 Å². The molecule has 0 aliphatic carbocycles. The number of primary amides is 1. The van der Waals surface area contributed by atoms with Crippen molar-refractivity contribution >= 4 is 108 Å². The number of hydrogen-bond acceptors (Lipinski definition) is 18. The third-order valence-electron chi connectivity index (χ3n) is 15.5. The number of fused-ring (bicyclic) bond motifs is 5. The number of rotatable bonds is 22. The van der Waals surface area contributed by atoms with Crippen LogP contribution in [0.3, 0.4) is 0 Å². The molecule has 4 heterocycles. The van der Waals surface area contributed by atoms with Crippen LogP contribution in [0, 0.1) is 29.1 Å². The minimum Gasteiger partial charge on any atom is -0.494 e. The molecule has 3 aliphatic rings. The number of nitrogens with zero attached hydrogens (tertiary/aromatic N) is 1. The minimum absolute atomic E-state index is 0.0449. The number of ketones is 3. The Morgan fingerprint density at radius 1 is 0.859 bits per heavy atom. The van der Waals surface area contributed by atoms with Crippen molar-refractivity contribution in [2.24, 2.45) is 34.8 Å². The van der Waals surface area contributed by atoms with E-state index < -0.39 is 181 Å². The van der Waals surface area contributed by atoms with E-state index in [1.165, 1.54) is 6.92 Å². The SMILES string of the molecule is CC[C@H](C)[C@@H]1NC(=O)CNC(=O)C2CC(=O)[C@H]([C@@H](C)[C@@H](O)CO)NC(=O)[C@@H]3CC(O)CN3C(=O)[C@H](CC(N)=O)CC(=O)C(C[S@@](=O)c3[nH]c4cc(OCCCCCCNC(=O)CCSSCCC(=O)C(C)(C)C)ccc4c3C2)NC(=O)CNC1=O. The summed E-state index contributed by atoms with van der Waals surface area (Å²) in [5.74, 6) is -11.8. The Labute approximate surface area is 505 Å². The van der Waals surface area contributed by atoms with Crippen LogP contribution < -0.4 is 42.4 Å². The number of aromatic nitrogens is 1. The third-order valence-corrected chi connectivity index (χ3v) is 19.4. The average molecular weight is 1250 g/mol. The maximum absolute atomic E-state index is 15.1. The second-order valence-corrected chi connectivity index (χ2v) is 27.3. The second kappa shape index (κ2) is 33.3. The van der Waals surface area contributed by atoms with Gasteiger partial charge in [0, 0.05) is 91.8 Å². The topological polar surface area (TPSA) is 392 Å². The predicted octanol–water partition coefficient (Wildman–Crippen LogP) is 0.388. The summed E-state index contributed by atoms with van der Waals surface area (Å²) >= 11 is 0. The number of aromatic amines is 1. The first-order valence-electron chi connectivity index (χ1n) is 29.0. The Balaban J connectivity index is 1.48. The van der Waals surface area contributed by atoms with Gasteiger partial charge in [0.15, 0.2) is 11.6 Å². The Kier molecular flexibility index (Phi) is 27.3. The molecule has 2 bridgehead atoms. The lowest BCUT2D eigenvalue weighted by Crippen LogP contribution is -2.56. The van der Waals surface area contributed by atoms with Crippen molar-refractivity contribution in [1.29, 1.82) is 0 Å². The van der Waals surface area contributed by atoms with Gasteiger partial charge in [0.1, 0.15) is 28.6 Å². The highest BCUT2D eigenvalue weighted by Gasteiger charge is 2.45. The molecule has 1 aromatic heterocycles. The first kappa shape index (κ1) is 69.8. The first-order valence-corrected chi connectivity index (χ1v) is 32.8. The third kappa shape index (κ3) is 20.9. The van der Waals surface area contributed by atoms with E-state index in [0.29, 0.717) is 67.0 Å². The zero-order valence-corrected chi connectivity index (χ0v) is 51.7. The van der Waals surface area contributed by atoms with Crippen LogP contribution in [0.2, 0.25) is 0 Å². The molecule has 1 aromatic carbocycles. The van der Waals surface area contributed by atoms with Gasteiger partial charge in [0.05, 0.1) is 78.6 Å². The van der Waals surface area contributed by atoms with Crippen molar-refractivity contribution in [3.05, 3.63) is 23.8 Å². The molecule has 0 radical (unpaired) electrons. The van der Waals surface area contributed by atoms with Gasteiger partial charge in [-0.2, -0.15) is 0 Å². The standard InChI is InChI=1S/C57H85N9O16S3/c1-7-31(2)50-54(79)61-26-48(75)62-40-30-85(81)55-38(37-13-12-36(25-39(37)63-55)82-17-11-9-8-10-16-59-47(74)15-19-84-83-18-14-45(72)57(4,5)6)20-33(52(77)60-27-49(76)64-50)21-43(70)51(32(3)44(71)29-67)65-53(78)41-24-35(68)28-66(41)56(80)34(22-42(40)69)23-46(58)73/h12-13,25,31-35,40-41,44,50-51,63,67-68,71H,7-11,14-24,26-30H2,1-6H3,(H2,58,73)(H,59,74)(H,60,77)(H,61,79)(H,62,75)(H,64,76)(H,65,78)/t31-,32-,33?,34-,35?,40?,41-,44-,50-,51-,85+/m0/s1. The number of hydrogen-bond donors (Lipinski definition) is 11. The van der Waals surface area contributed by atoms with E-state index in [1.807, 2.05) is 20.8 Å².